The van der Waals surface area contributed by atoms with Gasteiger partial charge in [0.05, 0.1) is 12.1 Å². The van der Waals surface area contributed by atoms with Crippen LogP contribution in [0.25, 0.3) is 0 Å². The van der Waals surface area contributed by atoms with Crippen LogP contribution in [0.5, 0.6) is 0 Å². The third-order valence-corrected chi connectivity index (χ3v) is 1.90. The number of nitrogens with one attached hydrogen (secondary N) is 1. The van der Waals surface area contributed by atoms with Gasteiger partial charge >= 0.3 is 0 Å². The highest BCUT2D eigenvalue weighted by molar-refractivity contribution is 5.81. The average Bonchev–Trinajstić information content (AvgIpc) is 2.11. The van der Waals surface area contributed by atoms with Gasteiger partial charge in [-0.2, -0.15) is 5.26 Å². The number of nitrogens with two attached hydrogens (primary N) is 1. The minimum absolute atomic E-state index is 0.0307. The number of nitriles is 1. The van der Waals surface area contributed by atoms with E-state index in [1.165, 1.54) is 0 Å². The molecule has 0 saturated heterocycles. The van der Waals surface area contributed by atoms with Crippen LogP contribution in [0.3, 0.4) is 0 Å². The molecule has 0 aliphatic heterocycles. The van der Waals surface area contributed by atoms with Gasteiger partial charge in [0.2, 0.25) is 5.91 Å². The zero-order chi connectivity index (χ0) is 9.56. The second-order valence-corrected chi connectivity index (χ2v) is 2.79. The highest BCUT2D eigenvalue weighted by Gasteiger charge is 2.18. The molecule has 2 atom stereocenters. The molecule has 4 nitrogen and oxygen atoms in total. The zero-order valence-electron chi connectivity index (χ0n) is 7.50. The summed E-state index contributed by atoms with van der Waals surface area (Å²) in [5.41, 5.74) is 5.59. The molecule has 4 heteroatoms. The van der Waals surface area contributed by atoms with E-state index in [-0.39, 0.29) is 18.4 Å². The van der Waals surface area contributed by atoms with Crippen LogP contribution in [0, 0.1) is 17.2 Å². The van der Waals surface area contributed by atoms with Crippen molar-refractivity contribution in [2.24, 2.45) is 11.7 Å². The largest absolute Gasteiger partial charge is 0.342 e. The number of carbonyl (C=O) groups is 1. The molecule has 0 aromatic carbocycles. The van der Waals surface area contributed by atoms with Gasteiger partial charge in [-0.05, 0) is 5.92 Å². The van der Waals surface area contributed by atoms with Gasteiger partial charge in [0.25, 0.3) is 0 Å². The fourth-order valence-corrected chi connectivity index (χ4v) is 0.757. The Morgan fingerprint density at radius 3 is 2.75 bits per heavy atom. The first-order chi connectivity index (χ1) is 5.63. The molecule has 0 radical (unpaired) electrons. The van der Waals surface area contributed by atoms with E-state index in [1.54, 1.807) is 0 Å². The van der Waals surface area contributed by atoms with Crippen molar-refractivity contribution >= 4 is 5.91 Å². The normalized spacial score (nSPS) is 14.5. The third kappa shape index (κ3) is 3.35. The molecule has 0 fully saturated rings. The van der Waals surface area contributed by atoms with Crippen molar-refractivity contribution in [2.45, 2.75) is 26.3 Å². The average molecular weight is 169 g/mol. The number of nitrogens with zero attached hydrogens (tertiary/aromatic N) is 1. The number of amides is 1. The zero-order valence-corrected chi connectivity index (χ0v) is 7.50. The molecular weight excluding hydrogens is 154 g/mol. The predicted molar refractivity (Wildman–Crippen MR) is 46.1 cm³/mol. The fraction of sp³-hybridized carbons (Fsp3) is 0.750. The highest BCUT2D eigenvalue weighted by atomic mass is 16.2. The van der Waals surface area contributed by atoms with E-state index < -0.39 is 6.04 Å². The molecule has 0 bridgehead atoms. The molecule has 0 aromatic heterocycles. The summed E-state index contributed by atoms with van der Waals surface area (Å²) in [5, 5.41) is 10.6. The number of hydrogen-bond donors (Lipinski definition) is 2. The molecule has 0 spiro atoms. The molecular formula is C8H15N3O. The van der Waals surface area contributed by atoms with Gasteiger partial charge in [-0.25, -0.2) is 0 Å². The lowest BCUT2D eigenvalue weighted by Gasteiger charge is -2.16. The molecule has 0 unspecified atom stereocenters. The molecule has 0 heterocycles. The van der Waals surface area contributed by atoms with Crippen LogP contribution in [-0.2, 0) is 4.79 Å². The maximum atomic E-state index is 11.1. The van der Waals surface area contributed by atoms with Crippen molar-refractivity contribution in [3.8, 4) is 6.07 Å². The standard InChI is InChI=1S/C8H15N3O/c1-3-6(2)7(10)8(12)11-5-4-9/h6-7H,3,5,10H2,1-2H3,(H,11,12)/t6-,7-/m0/s1. The van der Waals surface area contributed by atoms with Crippen LogP contribution in [0.15, 0.2) is 0 Å². The summed E-state index contributed by atoms with van der Waals surface area (Å²) in [5.74, 6) is -0.0883. The van der Waals surface area contributed by atoms with Gasteiger partial charge in [0.15, 0.2) is 0 Å². The molecule has 0 aromatic rings. The first-order valence-corrected chi connectivity index (χ1v) is 4.03. The molecule has 12 heavy (non-hydrogen) atoms. The molecule has 0 aliphatic carbocycles. The Kier molecular flexibility index (Phi) is 5.06. The van der Waals surface area contributed by atoms with Crippen molar-refractivity contribution in [2.75, 3.05) is 6.54 Å². The van der Waals surface area contributed by atoms with E-state index in [0.717, 1.165) is 6.42 Å². The second-order valence-electron chi connectivity index (χ2n) is 2.79. The lowest BCUT2D eigenvalue weighted by atomic mass is 9.99. The molecule has 68 valence electrons. The van der Waals surface area contributed by atoms with Crippen molar-refractivity contribution in [1.29, 1.82) is 5.26 Å². The van der Waals surface area contributed by atoms with E-state index in [0.29, 0.717) is 0 Å². The van der Waals surface area contributed by atoms with Crippen molar-refractivity contribution in [3.05, 3.63) is 0 Å². The predicted octanol–water partition coefficient (Wildman–Crippen LogP) is -0.000420. The Morgan fingerprint density at radius 2 is 2.33 bits per heavy atom. The van der Waals surface area contributed by atoms with Crippen LogP contribution in [0.4, 0.5) is 0 Å². The van der Waals surface area contributed by atoms with E-state index >= 15 is 0 Å². The van der Waals surface area contributed by atoms with Crippen molar-refractivity contribution in [1.82, 2.24) is 5.32 Å². The van der Waals surface area contributed by atoms with Crippen LogP contribution < -0.4 is 11.1 Å². The SMILES string of the molecule is CC[C@H](C)[C@H](N)C(=O)NCC#N. The Hall–Kier alpha value is -1.08. The topological polar surface area (TPSA) is 78.9 Å². The lowest BCUT2D eigenvalue weighted by Crippen LogP contribution is -2.44. The Bertz CT molecular complexity index is 185. The van der Waals surface area contributed by atoms with E-state index in [4.69, 9.17) is 11.0 Å². The minimum Gasteiger partial charge on any atom is -0.342 e. The summed E-state index contributed by atoms with van der Waals surface area (Å²) in [6.07, 6.45) is 0.862. The van der Waals surface area contributed by atoms with E-state index in [1.807, 2.05) is 19.9 Å². The van der Waals surface area contributed by atoms with Crippen molar-refractivity contribution in [3.63, 3.8) is 0 Å². The second kappa shape index (κ2) is 5.56. The van der Waals surface area contributed by atoms with Gasteiger partial charge in [0, 0.05) is 0 Å². The summed E-state index contributed by atoms with van der Waals surface area (Å²) < 4.78 is 0. The van der Waals surface area contributed by atoms with Crippen molar-refractivity contribution < 1.29 is 4.79 Å². The Labute approximate surface area is 72.7 Å². The quantitative estimate of drug-likeness (QED) is 0.581. The number of carbonyl (C=O) groups excluding carboxylic acids is 1. The summed E-state index contributed by atoms with van der Waals surface area (Å²) in [4.78, 5) is 11.1. The van der Waals surface area contributed by atoms with Crippen LogP contribution in [0.2, 0.25) is 0 Å². The summed E-state index contributed by atoms with van der Waals surface area (Å²) in [6, 6.07) is 1.33. The van der Waals surface area contributed by atoms with Gasteiger partial charge < -0.3 is 11.1 Å². The monoisotopic (exact) mass is 169 g/mol. The number of hydrogen-bond acceptors (Lipinski definition) is 3. The van der Waals surface area contributed by atoms with E-state index in [9.17, 15) is 4.79 Å². The fourth-order valence-electron chi connectivity index (χ4n) is 0.757. The summed E-state index contributed by atoms with van der Waals surface area (Å²) >= 11 is 0. The molecule has 0 saturated carbocycles. The molecule has 3 N–H and O–H groups in total. The molecule has 1 amide bonds. The Morgan fingerprint density at radius 1 is 1.75 bits per heavy atom. The van der Waals surface area contributed by atoms with Gasteiger partial charge in [-0.3, -0.25) is 4.79 Å². The molecule has 0 aliphatic rings. The van der Waals surface area contributed by atoms with Crippen LogP contribution >= 0.6 is 0 Å². The third-order valence-electron chi connectivity index (χ3n) is 1.90. The molecule has 0 rings (SSSR count). The van der Waals surface area contributed by atoms with Gasteiger partial charge in [-0.1, -0.05) is 20.3 Å². The van der Waals surface area contributed by atoms with E-state index in [2.05, 4.69) is 5.32 Å². The maximum Gasteiger partial charge on any atom is 0.238 e. The van der Waals surface area contributed by atoms with Crippen LogP contribution in [-0.4, -0.2) is 18.5 Å². The number of rotatable bonds is 4. The highest BCUT2D eigenvalue weighted by Crippen LogP contribution is 2.04. The maximum absolute atomic E-state index is 11.1. The Balaban J connectivity index is 3.85. The smallest absolute Gasteiger partial charge is 0.238 e. The summed E-state index contributed by atoms with van der Waals surface area (Å²) in [6.45, 7) is 3.92. The lowest BCUT2D eigenvalue weighted by molar-refractivity contribution is -0.123. The van der Waals surface area contributed by atoms with Crippen LogP contribution in [0.1, 0.15) is 20.3 Å². The summed E-state index contributed by atoms with van der Waals surface area (Å²) in [7, 11) is 0. The van der Waals surface area contributed by atoms with Gasteiger partial charge in [-0.15, -0.1) is 0 Å². The first-order valence-electron chi connectivity index (χ1n) is 4.03. The first kappa shape index (κ1) is 10.9. The minimum atomic E-state index is -0.497. The van der Waals surface area contributed by atoms with Gasteiger partial charge in [0.1, 0.15) is 6.54 Å².